The number of hydrogen-bond donors (Lipinski definition) is 1. The summed E-state index contributed by atoms with van der Waals surface area (Å²) in [7, 11) is 4.79. The minimum atomic E-state index is 0.602. The van der Waals surface area contributed by atoms with E-state index < -0.39 is 0 Å². The van der Waals surface area contributed by atoms with Crippen molar-refractivity contribution in [1.82, 2.24) is 0 Å². The molecule has 0 amide bonds. The van der Waals surface area contributed by atoms with E-state index in [1.807, 2.05) is 12.1 Å². The van der Waals surface area contributed by atoms with Gasteiger partial charge in [-0.3, -0.25) is 0 Å². The summed E-state index contributed by atoms with van der Waals surface area (Å²) in [5, 5.41) is 3.22. The molecule has 1 N–H and O–H groups in total. The number of rotatable bonds is 6. The van der Waals surface area contributed by atoms with Crippen LogP contribution >= 0.6 is 0 Å². The van der Waals surface area contributed by atoms with Crippen molar-refractivity contribution in [3.63, 3.8) is 0 Å². The molecule has 0 aromatic heterocycles. The monoisotopic (exact) mass is 224 g/mol. The summed E-state index contributed by atoms with van der Waals surface area (Å²) >= 11 is 0. The number of benzene rings is 1. The van der Waals surface area contributed by atoms with Gasteiger partial charge in [0.05, 0.1) is 21.3 Å². The van der Waals surface area contributed by atoms with E-state index in [1.165, 1.54) is 0 Å². The van der Waals surface area contributed by atoms with Gasteiger partial charge < -0.3 is 19.5 Å². The Morgan fingerprint density at radius 1 is 1.06 bits per heavy atom. The summed E-state index contributed by atoms with van der Waals surface area (Å²) in [5.74, 6) is 1.90. The summed E-state index contributed by atoms with van der Waals surface area (Å²) in [6, 6.07) is 3.74. The predicted molar refractivity (Wildman–Crippen MR) is 64.6 cm³/mol. The topological polar surface area (TPSA) is 39.7 Å². The lowest BCUT2D eigenvalue weighted by Gasteiger charge is -2.14. The molecular formula is C12H18NO3. The van der Waals surface area contributed by atoms with Gasteiger partial charge in [0.25, 0.3) is 0 Å². The van der Waals surface area contributed by atoms with Crippen LogP contribution in [0.1, 0.15) is 6.42 Å². The molecule has 0 unspecified atom stereocenters. The van der Waals surface area contributed by atoms with Crippen LogP contribution in [0.4, 0.5) is 5.69 Å². The fourth-order valence-corrected chi connectivity index (χ4v) is 1.42. The number of anilines is 1. The number of nitrogens with one attached hydrogen (secondary N) is 1. The molecule has 1 rings (SSSR count). The molecule has 0 atom stereocenters. The molecule has 0 aliphatic heterocycles. The highest BCUT2D eigenvalue weighted by Gasteiger charge is 2.12. The number of hydrogen-bond acceptors (Lipinski definition) is 4. The smallest absolute Gasteiger partial charge is 0.203 e. The molecule has 1 radical (unpaired) electrons. The van der Waals surface area contributed by atoms with Gasteiger partial charge in [-0.15, -0.1) is 0 Å². The van der Waals surface area contributed by atoms with E-state index in [0.717, 1.165) is 18.7 Å². The largest absolute Gasteiger partial charge is 0.493 e. The molecule has 0 bridgehead atoms. The lowest BCUT2D eigenvalue weighted by molar-refractivity contribution is 0.324. The molecular weight excluding hydrogens is 206 g/mol. The van der Waals surface area contributed by atoms with Gasteiger partial charge in [0.2, 0.25) is 5.75 Å². The van der Waals surface area contributed by atoms with Crippen molar-refractivity contribution in [1.29, 1.82) is 0 Å². The fraction of sp³-hybridized carbons (Fsp3) is 0.417. The Hall–Kier alpha value is -1.58. The first-order chi connectivity index (χ1) is 7.76. The minimum Gasteiger partial charge on any atom is -0.493 e. The summed E-state index contributed by atoms with van der Waals surface area (Å²) in [6.45, 7) is 4.57. The van der Waals surface area contributed by atoms with Crippen LogP contribution in [0.15, 0.2) is 12.1 Å². The van der Waals surface area contributed by atoms with Crippen LogP contribution in [-0.2, 0) is 0 Å². The standard InChI is InChI=1S/C12H18NO3/c1-5-6-13-9-7-10(14-2)12(16-4)11(8-9)15-3/h7-8,13H,1,5-6H2,2-4H3. The fourth-order valence-electron chi connectivity index (χ4n) is 1.42. The first-order valence-corrected chi connectivity index (χ1v) is 5.10. The SMILES string of the molecule is [CH2]CCNc1cc(OC)c(OC)c(OC)c1. The van der Waals surface area contributed by atoms with Gasteiger partial charge in [-0.25, -0.2) is 0 Å². The van der Waals surface area contributed by atoms with E-state index in [4.69, 9.17) is 14.2 Å². The Labute approximate surface area is 96.5 Å². The quantitative estimate of drug-likeness (QED) is 0.805. The molecule has 0 aliphatic rings. The van der Waals surface area contributed by atoms with E-state index >= 15 is 0 Å². The molecule has 0 fully saturated rings. The Kier molecular flexibility index (Phi) is 4.76. The zero-order valence-corrected chi connectivity index (χ0v) is 10.0. The number of ether oxygens (including phenoxy) is 3. The van der Waals surface area contributed by atoms with Crippen LogP contribution in [0.5, 0.6) is 17.2 Å². The maximum Gasteiger partial charge on any atom is 0.203 e. The lowest BCUT2D eigenvalue weighted by Crippen LogP contribution is -2.02. The predicted octanol–water partition coefficient (Wildman–Crippen LogP) is 2.35. The Bertz CT molecular complexity index is 314. The molecule has 0 aliphatic carbocycles. The zero-order valence-electron chi connectivity index (χ0n) is 10.0. The zero-order chi connectivity index (χ0) is 12.0. The summed E-state index contributed by atoms with van der Waals surface area (Å²) < 4.78 is 15.7. The molecule has 1 aromatic carbocycles. The van der Waals surface area contributed by atoms with Crippen molar-refractivity contribution in [2.45, 2.75) is 6.42 Å². The van der Waals surface area contributed by atoms with Crippen molar-refractivity contribution < 1.29 is 14.2 Å². The maximum absolute atomic E-state index is 5.24. The van der Waals surface area contributed by atoms with Crippen molar-refractivity contribution in [3.05, 3.63) is 19.1 Å². The van der Waals surface area contributed by atoms with Crippen molar-refractivity contribution >= 4 is 5.69 Å². The van der Waals surface area contributed by atoms with Gasteiger partial charge in [-0.05, 0) is 6.42 Å². The highest BCUT2D eigenvalue weighted by molar-refractivity contribution is 5.62. The molecule has 0 spiro atoms. The van der Waals surface area contributed by atoms with Crippen LogP contribution in [0.3, 0.4) is 0 Å². The molecule has 0 heterocycles. The second-order valence-corrected chi connectivity index (χ2v) is 3.19. The third-order valence-electron chi connectivity index (χ3n) is 2.17. The molecule has 1 aromatic rings. The molecule has 89 valence electrons. The van der Waals surface area contributed by atoms with E-state index in [2.05, 4.69) is 12.2 Å². The van der Waals surface area contributed by atoms with E-state index in [9.17, 15) is 0 Å². The van der Waals surface area contributed by atoms with E-state index in [0.29, 0.717) is 17.2 Å². The highest BCUT2D eigenvalue weighted by atomic mass is 16.5. The average molecular weight is 224 g/mol. The second-order valence-electron chi connectivity index (χ2n) is 3.19. The van der Waals surface area contributed by atoms with Crippen molar-refractivity contribution in [2.24, 2.45) is 0 Å². The Morgan fingerprint density at radius 2 is 1.62 bits per heavy atom. The third kappa shape index (κ3) is 2.72. The summed E-state index contributed by atoms with van der Waals surface area (Å²) in [4.78, 5) is 0. The summed E-state index contributed by atoms with van der Waals surface area (Å²) in [5.41, 5.74) is 0.929. The average Bonchev–Trinajstić information content (AvgIpc) is 2.34. The van der Waals surface area contributed by atoms with Crippen LogP contribution in [0, 0.1) is 6.92 Å². The second kappa shape index (κ2) is 6.10. The first kappa shape index (κ1) is 12.5. The minimum absolute atomic E-state index is 0.602. The Morgan fingerprint density at radius 3 is 2.00 bits per heavy atom. The van der Waals surface area contributed by atoms with Crippen LogP contribution in [-0.4, -0.2) is 27.9 Å². The molecule has 4 nitrogen and oxygen atoms in total. The Balaban J connectivity index is 3.05. The third-order valence-corrected chi connectivity index (χ3v) is 2.17. The lowest BCUT2D eigenvalue weighted by atomic mass is 10.2. The van der Waals surface area contributed by atoms with Crippen LogP contribution in [0.25, 0.3) is 0 Å². The van der Waals surface area contributed by atoms with Gasteiger partial charge in [-0.1, -0.05) is 6.92 Å². The first-order valence-electron chi connectivity index (χ1n) is 5.10. The van der Waals surface area contributed by atoms with Crippen LogP contribution in [0.2, 0.25) is 0 Å². The molecule has 4 heteroatoms. The maximum atomic E-state index is 5.24. The van der Waals surface area contributed by atoms with Gasteiger partial charge in [0, 0.05) is 24.4 Å². The highest BCUT2D eigenvalue weighted by Crippen LogP contribution is 2.39. The van der Waals surface area contributed by atoms with Gasteiger partial charge in [-0.2, -0.15) is 0 Å². The number of methoxy groups -OCH3 is 3. The van der Waals surface area contributed by atoms with Crippen LogP contribution < -0.4 is 19.5 Å². The normalized spacial score (nSPS) is 9.75. The van der Waals surface area contributed by atoms with E-state index in [1.54, 1.807) is 21.3 Å². The van der Waals surface area contributed by atoms with E-state index in [-0.39, 0.29) is 0 Å². The molecule has 0 saturated carbocycles. The molecule has 0 saturated heterocycles. The summed E-state index contributed by atoms with van der Waals surface area (Å²) in [6.07, 6.45) is 0.816. The van der Waals surface area contributed by atoms with Crippen molar-refractivity contribution in [2.75, 3.05) is 33.2 Å². The van der Waals surface area contributed by atoms with Crippen molar-refractivity contribution in [3.8, 4) is 17.2 Å². The molecule has 16 heavy (non-hydrogen) atoms. The van der Waals surface area contributed by atoms with Gasteiger partial charge in [0.15, 0.2) is 11.5 Å². The van der Waals surface area contributed by atoms with Gasteiger partial charge in [0.1, 0.15) is 0 Å². The van der Waals surface area contributed by atoms with Gasteiger partial charge >= 0.3 is 0 Å².